The van der Waals surface area contributed by atoms with E-state index in [2.05, 4.69) is 44.1 Å². The molecule has 0 saturated heterocycles. The Labute approximate surface area is 155 Å². The highest BCUT2D eigenvalue weighted by Crippen LogP contribution is 2.22. The number of para-hydroxylation sites is 1. The first-order valence-electron chi connectivity index (χ1n) is 9.08. The van der Waals surface area contributed by atoms with Gasteiger partial charge in [0, 0.05) is 54.9 Å². The zero-order valence-electron chi connectivity index (χ0n) is 14.8. The molecule has 6 heteroatoms. The minimum atomic E-state index is -0.0371. The molecule has 2 N–H and O–H groups in total. The van der Waals surface area contributed by atoms with Crippen LogP contribution in [0.5, 0.6) is 0 Å². The van der Waals surface area contributed by atoms with Gasteiger partial charge < -0.3 is 9.97 Å². The average Bonchev–Trinajstić information content (AvgIpc) is 3.18. The highest BCUT2D eigenvalue weighted by molar-refractivity contribution is 5.82. The van der Waals surface area contributed by atoms with Crippen LogP contribution in [0.3, 0.4) is 0 Å². The number of H-pyrrole nitrogens is 2. The Morgan fingerprint density at radius 2 is 2.11 bits per heavy atom. The molecule has 3 aromatic heterocycles. The predicted molar refractivity (Wildman–Crippen MR) is 104 cm³/mol. The van der Waals surface area contributed by atoms with Crippen LogP contribution >= 0.6 is 0 Å². The van der Waals surface area contributed by atoms with Gasteiger partial charge in [0.1, 0.15) is 5.82 Å². The molecule has 4 heterocycles. The third kappa shape index (κ3) is 2.94. The maximum Gasteiger partial charge on any atom is 0.254 e. The van der Waals surface area contributed by atoms with Crippen molar-refractivity contribution >= 4 is 10.9 Å². The Bertz CT molecular complexity index is 1160. The number of fused-ring (bicyclic) bond motifs is 2. The van der Waals surface area contributed by atoms with E-state index in [0.717, 1.165) is 29.9 Å². The van der Waals surface area contributed by atoms with Gasteiger partial charge in [0.05, 0.1) is 5.69 Å². The first kappa shape index (κ1) is 16.0. The molecule has 4 aromatic rings. The topological polar surface area (TPSA) is 77.7 Å². The number of pyridine rings is 1. The third-order valence-corrected chi connectivity index (χ3v) is 5.16. The maximum atomic E-state index is 12.5. The van der Waals surface area contributed by atoms with Gasteiger partial charge >= 0.3 is 0 Å². The lowest BCUT2D eigenvalue weighted by Gasteiger charge is -2.28. The van der Waals surface area contributed by atoms with Crippen molar-refractivity contribution in [1.82, 2.24) is 24.8 Å². The van der Waals surface area contributed by atoms with Crippen molar-refractivity contribution in [3.8, 4) is 11.4 Å². The van der Waals surface area contributed by atoms with Crippen LogP contribution in [0.4, 0.5) is 0 Å². The number of nitrogens with one attached hydrogen (secondary N) is 2. The van der Waals surface area contributed by atoms with E-state index in [1.165, 1.54) is 16.5 Å². The molecular formula is C21H19N5O. The van der Waals surface area contributed by atoms with E-state index >= 15 is 0 Å². The van der Waals surface area contributed by atoms with Gasteiger partial charge in [-0.25, -0.2) is 4.98 Å². The zero-order chi connectivity index (χ0) is 18.2. The zero-order valence-corrected chi connectivity index (χ0v) is 14.8. The van der Waals surface area contributed by atoms with Gasteiger partial charge in [-0.3, -0.25) is 14.7 Å². The Balaban J connectivity index is 1.46. The molecule has 5 rings (SSSR count). The number of nitrogens with zero attached hydrogens (tertiary/aromatic N) is 3. The fraction of sp³-hybridized carbons (Fsp3) is 0.190. The first-order valence-corrected chi connectivity index (χ1v) is 9.08. The molecule has 0 amide bonds. The van der Waals surface area contributed by atoms with Crippen LogP contribution in [-0.4, -0.2) is 31.4 Å². The number of hydrogen-bond acceptors (Lipinski definition) is 4. The highest BCUT2D eigenvalue weighted by Gasteiger charge is 2.22. The minimum Gasteiger partial charge on any atom is -0.361 e. The summed E-state index contributed by atoms with van der Waals surface area (Å²) in [6, 6.07) is 12.2. The Hall–Kier alpha value is -3.25. The Kier molecular flexibility index (Phi) is 3.83. The van der Waals surface area contributed by atoms with E-state index in [1.54, 1.807) is 12.4 Å². The van der Waals surface area contributed by atoms with Crippen LogP contribution in [0.25, 0.3) is 22.3 Å². The predicted octanol–water partition coefficient (Wildman–Crippen LogP) is 2.87. The number of rotatable bonds is 3. The normalized spacial score (nSPS) is 14.4. The van der Waals surface area contributed by atoms with Gasteiger partial charge in [0.2, 0.25) is 0 Å². The van der Waals surface area contributed by atoms with Crippen molar-refractivity contribution in [1.29, 1.82) is 0 Å². The summed E-state index contributed by atoms with van der Waals surface area (Å²) in [6.07, 6.45) is 6.12. The van der Waals surface area contributed by atoms with Crippen LogP contribution in [-0.2, 0) is 19.5 Å². The van der Waals surface area contributed by atoms with Crippen LogP contribution in [0, 0.1) is 0 Å². The first-order chi connectivity index (χ1) is 13.3. The monoisotopic (exact) mass is 357 g/mol. The lowest BCUT2D eigenvalue weighted by atomic mass is 10.0. The van der Waals surface area contributed by atoms with Gasteiger partial charge in [-0.1, -0.05) is 18.2 Å². The van der Waals surface area contributed by atoms with Crippen LogP contribution in [0.1, 0.15) is 16.8 Å². The van der Waals surface area contributed by atoms with Gasteiger partial charge in [0.25, 0.3) is 5.56 Å². The SMILES string of the molecule is O=c1[nH]c(-c2cccnc2)nc2c1CCN(Cc1cccc3cc[nH]c13)C2. The lowest BCUT2D eigenvalue weighted by molar-refractivity contribution is 0.241. The Morgan fingerprint density at radius 3 is 3.00 bits per heavy atom. The molecular weight excluding hydrogens is 338 g/mol. The average molecular weight is 357 g/mol. The summed E-state index contributed by atoms with van der Waals surface area (Å²) in [7, 11) is 0. The second-order valence-corrected chi connectivity index (χ2v) is 6.90. The smallest absolute Gasteiger partial charge is 0.254 e. The summed E-state index contributed by atoms with van der Waals surface area (Å²) >= 11 is 0. The molecule has 1 aliphatic heterocycles. The van der Waals surface area contributed by atoms with Crippen molar-refractivity contribution in [2.75, 3.05) is 6.54 Å². The van der Waals surface area contributed by atoms with E-state index in [4.69, 9.17) is 4.98 Å². The molecule has 0 spiro atoms. The second kappa shape index (κ2) is 6.48. The molecule has 1 aromatic carbocycles. The molecule has 0 unspecified atom stereocenters. The highest BCUT2D eigenvalue weighted by atomic mass is 16.1. The third-order valence-electron chi connectivity index (χ3n) is 5.16. The van der Waals surface area contributed by atoms with Crippen molar-refractivity contribution in [2.45, 2.75) is 19.5 Å². The van der Waals surface area contributed by atoms with Gasteiger partial charge in [-0.15, -0.1) is 0 Å². The molecule has 6 nitrogen and oxygen atoms in total. The Morgan fingerprint density at radius 1 is 1.15 bits per heavy atom. The van der Waals surface area contributed by atoms with Gasteiger partial charge in [0.15, 0.2) is 0 Å². The number of aromatic amines is 2. The molecule has 134 valence electrons. The van der Waals surface area contributed by atoms with Crippen molar-refractivity contribution in [3.63, 3.8) is 0 Å². The molecule has 1 aliphatic rings. The maximum absolute atomic E-state index is 12.5. The summed E-state index contributed by atoms with van der Waals surface area (Å²) < 4.78 is 0. The summed E-state index contributed by atoms with van der Waals surface area (Å²) in [5, 5.41) is 1.22. The summed E-state index contributed by atoms with van der Waals surface area (Å²) in [5.41, 5.74) is 4.90. The van der Waals surface area contributed by atoms with Gasteiger partial charge in [-0.2, -0.15) is 0 Å². The minimum absolute atomic E-state index is 0.0371. The summed E-state index contributed by atoms with van der Waals surface area (Å²) in [6.45, 7) is 2.35. The van der Waals surface area contributed by atoms with Crippen LogP contribution in [0.15, 0.2) is 59.8 Å². The standard InChI is InChI=1S/C21H19N5O/c27-21-17-7-10-26(12-16-4-1-3-14-6-9-23-19(14)16)13-18(17)24-20(25-21)15-5-2-8-22-11-15/h1-6,8-9,11,23H,7,10,12-13H2,(H,24,25,27). The molecule has 0 bridgehead atoms. The van der Waals surface area contributed by atoms with E-state index in [-0.39, 0.29) is 5.56 Å². The molecule has 27 heavy (non-hydrogen) atoms. The van der Waals surface area contributed by atoms with E-state index in [9.17, 15) is 4.79 Å². The quantitative estimate of drug-likeness (QED) is 0.591. The summed E-state index contributed by atoms with van der Waals surface area (Å²) in [4.78, 5) is 30.0. The largest absolute Gasteiger partial charge is 0.361 e. The molecule has 0 atom stereocenters. The fourth-order valence-corrected chi connectivity index (χ4v) is 3.79. The molecule has 0 saturated carbocycles. The van der Waals surface area contributed by atoms with Crippen molar-refractivity contribution in [2.24, 2.45) is 0 Å². The van der Waals surface area contributed by atoms with Crippen molar-refractivity contribution < 1.29 is 0 Å². The molecule has 0 aliphatic carbocycles. The number of benzene rings is 1. The van der Waals surface area contributed by atoms with E-state index in [1.807, 2.05) is 18.3 Å². The fourth-order valence-electron chi connectivity index (χ4n) is 3.79. The van der Waals surface area contributed by atoms with E-state index < -0.39 is 0 Å². The van der Waals surface area contributed by atoms with Crippen molar-refractivity contribution in [3.05, 3.63) is 82.2 Å². The van der Waals surface area contributed by atoms with Crippen LogP contribution < -0.4 is 5.56 Å². The van der Waals surface area contributed by atoms with Gasteiger partial charge in [-0.05, 0) is 35.6 Å². The molecule has 0 radical (unpaired) electrons. The second-order valence-electron chi connectivity index (χ2n) is 6.90. The number of hydrogen-bond donors (Lipinski definition) is 2. The summed E-state index contributed by atoms with van der Waals surface area (Å²) in [5.74, 6) is 0.583. The van der Waals surface area contributed by atoms with Crippen LogP contribution in [0.2, 0.25) is 0 Å². The number of aromatic nitrogens is 4. The lowest BCUT2D eigenvalue weighted by Crippen LogP contribution is -2.35. The molecule has 0 fully saturated rings. The van der Waals surface area contributed by atoms with E-state index in [0.29, 0.717) is 18.8 Å².